The molecule has 0 spiro atoms. The van der Waals surface area contributed by atoms with Gasteiger partial charge < -0.3 is 10.2 Å². The molecule has 0 saturated heterocycles. The Bertz CT molecular complexity index is 1100. The SMILES string of the molecule is O=C(NC1CCCCC1)[C@@H](Cc1ccccc1)N(Cc1cccc(Br)c1)C(=O)Cc1ccccc1. The summed E-state index contributed by atoms with van der Waals surface area (Å²) in [6, 6.07) is 27.3. The average Bonchev–Trinajstić information content (AvgIpc) is 2.88. The van der Waals surface area contributed by atoms with E-state index >= 15 is 0 Å². The maximum absolute atomic E-state index is 13.8. The first-order chi connectivity index (χ1) is 17.1. The van der Waals surface area contributed by atoms with Crippen molar-refractivity contribution in [2.45, 2.75) is 63.6 Å². The Kier molecular flexibility index (Phi) is 9.13. The molecule has 5 heteroatoms. The van der Waals surface area contributed by atoms with Gasteiger partial charge in [-0.15, -0.1) is 0 Å². The van der Waals surface area contributed by atoms with Gasteiger partial charge in [0.05, 0.1) is 6.42 Å². The van der Waals surface area contributed by atoms with Crippen molar-refractivity contribution in [3.8, 4) is 0 Å². The molecule has 2 amide bonds. The molecule has 3 aromatic rings. The van der Waals surface area contributed by atoms with Crippen molar-refractivity contribution < 1.29 is 9.59 Å². The molecule has 0 bridgehead atoms. The summed E-state index contributed by atoms with van der Waals surface area (Å²) in [5.41, 5.74) is 2.98. The fourth-order valence-corrected chi connectivity index (χ4v) is 5.25. The highest BCUT2D eigenvalue weighted by atomic mass is 79.9. The van der Waals surface area contributed by atoms with Gasteiger partial charge in [0, 0.05) is 23.5 Å². The van der Waals surface area contributed by atoms with E-state index in [1.165, 1.54) is 6.42 Å². The van der Waals surface area contributed by atoms with Crippen LogP contribution in [0.1, 0.15) is 48.8 Å². The third-order valence-corrected chi connectivity index (χ3v) is 7.16. The van der Waals surface area contributed by atoms with Crippen LogP contribution in [0.4, 0.5) is 0 Å². The highest BCUT2D eigenvalue weighted by Crippen LogP contribution is 2.21. The monoisotopic (exact) mass is 532 g/mol. The number of benzene rings is 3. The van der Waals surface area contributed by atoms with Crippen molar-refractivity contribution in [3.05, 3.63) is 106 Å². The van der Waals surface area contributed by atoms with Gasteiger partial charge in [-0.25, -0.2) is 0 Å². The molecule has 4 rings (SSSR count). The van der Waals surface area contributed by atoms with Gasteiger partial charge in [-0.2, -0.15) is 0 Å². The van der Waals surface area contributed by atoms with E-state index in [2.05, 4.69) is 21.2 Å². The van der Waals surface area contributed by atoms with Crippen LogP contribution in [0.5, 0.6) is 0 Å². The fourth-order valence-electron chi connectivity index (χ4n) is 4.80. The Morgan fingerprint density at radius 2 is 1.46 bits per heavy atom. The van der Waals surface area contributed by atoms with Crippen LogP contribution in [0.15, 0.2) is 89.4 Å². The Hall–Kier alpha value is -2.92. The molecule has 1 saturated carbocycles. The van der Waals surface area contributed by atoms with Crippen LogP contribution >= 0.6 is 15.9 Å². The van der Waals surface area contributed by atoms with Gasteiger partial charge in [0.15, 0.2) is 0 Å². The quantitative estimate of drug-likeness (QED) is 0.363. The fraction of sp³-hybridized carbons (Fsp3) is 0.333. The van der Waals surface area contributed by atoms with Crippen LogP contribution in [0.3, 0.4) is 0 Å². The lowest BCUT2D eigenvalue weighted by Gasteiger charge is -2.33. The molecule has 35 heavy (non-hydrogen) atoms. The molecule has 0 unspecified atom stereocenters. The van der Waals surface area contributed by atoms with Crippen LogP contribution in [0.2, 0.25) is 0 Å². The first kappa shape index (κ1) is 25.2. The first-order valence-corrected chi connectivity index (χ1v) is 13.3. The molecule has 1 aliphatic carbocycles. The van der Waals surface area contributed by atoms with E-state index in [1.54, 1.807) is 4.90 Å². The third-order valence-electron chi connectivity index (χ3n) is 6.66. The minimum atomic E-state index is -0.588. The predicted molar refractivity (Wildman–Crippen MR) is 144 cm³/mol. The summed E-state index contributed by atoms with van der Waals surface area (Å²) in [6.45, 7) is 0.376. The molecular weight excluding hydrogens is 500 g/mol. The second kappa shape index (κ2) is 12.7. The van der Waals surface area contributed by atoms with Crippen LogP contribution in [0, 0.1) is 0 Å². The van der Waals surface area contributed by atoms with Gasteiger partial charge in [0.1, 0.15) is 6.04 Å². The zero-order valence-electron chi connectivity index (χ0n) is 20.0. The molecule has 1 N–H and O–H groups in total. The summed E-state index contributed by atoms with van der Waals surface area (Å²) in [5.74, 6) is -0.104. The Balaban J connectivity index is 1.64. The van der Waals surface area contributed by atoms with E-state index in [1.807, 2.05) is 84.9 Å². The molecule has 4 nitrogen and oxygen atoms in total. The maximum Gasteiger partial charge on any atom is 0.243 e. The van der Waals surface area contributed by atoms with Crippen molar-refractivity contribution >= 4 is 27.7 Å². The summed E-state index contributed by atoms with van der Waals surface area (Å²) in [4.78, 5) is 29.3. The van der Waals surface area contributed by atoms with Crippen molar-refractivity contribution in [1.29, 1.82) is 0 Å². The lowest BCUT2D eigenvalue weighted by molar-refractivity contribution is -0.141. The first-order valence-electron chi connectivity index (χ1n) is 12.5. The molecule has 1 atom stereocenters. The van der Waals surface area contributed by atoms with Gasteiger partial charge in [-0.3, -0.25) is 9.59 Å². The Morgan fingerprint density at radius 3 is 2.11 bits per heavy atom. The van der Waals surface area contributed by atoms with Crippen LogP contribution in [0.25, 0.3) is 0 Å². The largest absolute Gasteiger partial charge is 0.352 e. The lowest BCUT2D eigenvalue weighted by Crippen LogP contribution is -2.53. The molecule has 3 aromatic carbocycles. The molecule has 0 heterocycles. The summed E-state index contributed by atoms with van der Waals surface area (Å²) in [5, 5.41) is 3.29. The van der Waals surface area contributed by atoms with E-state index < -0.39 is 6.04 Å². The molecule has 0 radical (unpaired) electrons. The number of rotatable bonds is 9. The van der Waals surface area contributed by atoms with E-state index in [-0.39, 0.29) is 24.3 Å². The number of carbonyl (C=O) groups excluding carboxylic acids is 2. The smallest absolute Gasteiger partial charge is 0.243 e. The van der Waals surface area contributed by atoms with Crippen molar-refractivity contribution in [2.24, 2.45) is 0 Å². The summed E-state index contributed by atoms with van der Waals surface area (Å²) >= 11 is 3.55. The summed E-state index contributed by atoms with van der Waals surface area (Å²) in [6.07, 6.45) is 6.27. The number of hydrogen-bond donors (Lipinski definition) is 1. The average molecular weight is 534 g/mol. The molecule has 0 aromatic heterocycles. The van der Waals surface area contributed by atoms with Crippen LogP contribution in [-0.4, -0.2) is 28.8 Å². The zero-order chi connectivity index (χ0) is 24.5. The minimum Gasteiger partial charge on any atom is -0.352 e. The zero-order valence-corrected chi connectivity index (χ0v) is 21.6. The maximum atomic E-state index is 13.8. The molecule has 1 fully saturated rings. The van der Waals surface area contributed by atoms with Gasteiger partial charge in [0.25, 0.3) is 0 Å². The lowest BCUT2D eigenvalue weighted by atomic mass is 9.94. The number of amides is 2. The standard InChI is InChI=1S/C30H33BrN2O2/c31-26-16-10-15-25(19-26)22-33(29(34)21-24-13-6-2-7-14-24)28(20-23-11-4-1-5-12-23)30(35)32-27-17-8-3-9-18-27/h1-2,4-7,10-16,19,27-28H,3,8-9,17-18,20-22H2,(H,32,35)/t28-/m1/s1. The second-order valence-electron chi connectivity index (χ2n) is 9.36. The Morgan fingerprint density at radius 1 is 0.829 bits per heavy atom. The van der Waals surface area contributed by atoms with E-state index in [0.29, 0.717) is 13.0 Å². The van der Waals surface area contributed by atoms with Gasteiger partial charge in [-0.05, 0) is 41.7 Å². The van der Waals surface area contributed by atoms with Gasteiger partial charge in [-0.1, -0.05) is 108 Å². The molecule has 0 aliphatic heterocycles. The predicted octanol–water partition coefficient (Wildman–Crippen LogP) is 6.08. The van der Waals surface area contributed by atoms with Gasteiger partial charge in [0.2, 0.25) is 11.8 Å². The molecular formula is C30H33BrN2O2. The van der Waals surface area contributed by atoms with Crippen LogP contribution in [-0.2, 0) is 29.0 Å². The topological polar surface area (TPSA) is 49.4 Å². The number of hydrogen-bond acceptors (Lipinski definition) is 2. The molecule has 182 valence electrons. The third kappa shape index (κ3) is 7.53. The summed E-state index contributed by atoms with van der Waals surface area (Å²) in [7, 11) is 0. The minimum absolute atomic E-state index is 0.0455. The van der Waals surface area contributed by atoms with Crippen molar-refractivity contribution in [3.63, 3.8) is 0 Å². The van der Waals surface area contributed by atoms with E-state index in [0.717, 1.165) is 46.8 Å². The van der Waals surface area contributed by atoms with Crippen LogP contribution < -0.4 is 5.32 Å². The van der Waals surface area contributed by atoms with Gasteiger partial charge >= 0.3 is 0 Å². The number of halogens is 1. The Labute approximate surface area is 216 Å². The van der Waals surface area contributed by atoms with E-state index in [4.69, 9.17) is 0 Å². The number of nitrogens with one attached hydrogen (secondary N) is 1. The number of carbonyl (C=O) groups is 2. The normalized spacial score (nSPS) is 14.8. The molecule has 1 aliphatic rings. The highest BCUT2D eigenvalue weighted by molar-refractivity contribution is 9.10. The van der Waals surface area contributed by atoms with E-state index in [9.17, 15) is 9.59 Å². The second-order valence-corrected chi connectivity index (χ2v) is 10.3. The van der Waals surface area contributed by atoms with Crippen molar-refractivity contribution in [1.82, 2.24) is 10.2 Å². The highest BCUT2D eigenvalue weighted by Gasteiger charge is 2.31. The summed E-state index contributed by atoms with van der Waals surface area (Å²) < 4.78 is 0.955. The van der Waals surface area contributed by atoms with Crippen molar-refractivity contribution in [2.75, 3.05) is 0 Å². The number of nitrogens with zero attached hydrogens (tertiary/aromatic N) is 1.